The van der Waals surface area contributed by atoms with Crippen molar-refractivity contribution in [2.45, 2.75) is 6.42 Å². The molecule has 17 heavy (non-hydrogen) atoms. The number of thiophene rings is 1. The molecule has 2 nitrogen and oxygen atoms in total. The minimum absolute atomic E-state index is 0. The molecule has 0 aliphatic rings. The molecule has 0 spiro atoms. The predicted octanol–water partition coefficient (Wildman–Crippen LogP) is 3.42. The Labute approximate surface area is 113 Å². The van der Waals surface area contributed by atoms with Crippen molar-refractivity contribution in [2.24, 2.45) is 0 Å². The monoisotopic (exact) mass is 271 g/mol. The molecule has 4 heteroatoms. The number of carbonyl (C=O) groups excluding carboxylic acids is 1. The van der Waals surface area contributed by atoms with E-state index in [-0.39, 0.29) is 18.2 Å². The van der Waals surface area contributed by atoms with Crippen LogP contribution in [0.2, 0.25) is 0 Å². The van der Waals surface area contributed by atoms with Crippen LogP contribution in [0.25, 0.3) is 0 Å². The van der Waals surface area contributed by atoms with Gasteiger partial charge in [-0.1, -0.05) is 18.2 Å². The zero-order valence-electron chi connectivity index (χ0n) is 9.80. The Balaban J connectivity index is 0.00000256. The Morgan fingerprint density at radius 3 is 2.47 bits per heavy atom. The molecule has 0 aromatic carbocycles. The number of hydrogen-bond donors (Lipinski definition) is 0. The van der Waals surface area contributed by atoms with Crippen molar-refractivity contribution in [3.8, 4) is 0 Å². The summed E-state index contributed by atoms with van der Waals surface area (Å²) in [5.41, 5.74) is 0. The van der Waals surface area contributed by atoms with E-state index in [4.69, 9.17) is 0 Å². The standard InChI is InChI=1S/C13H17NOS.ClH/c1-3-8-14(9-4-2)10-7-12(15)13-6-5-11-16-13;/h3-6,11H,1-2,7-10H2;1H. The molecular weight excluding hydrogens is 254 g/mol. The Morgan fingerprint density at radius 2 is 2.00 bits per heavy atom. The van der Waals surface area contributed by atoms with Gasteiger partial charge in [0.05, 0.1) is 4.88 Å². The summed E-state index contributed by atoms with van der Waals surface area (Å²) in [7, 11) is 0. The summed E-state index contributed by atoms with van der Waals surface area (Å²) in [6, 6.07) is 3.78. The quantitative estimate of drug-likeness (QED) is 0.533. The van der Waals surface area contributed by atoms with Gasteiger partial charge in [-0.25, -0.2) is 0 Å². The van der Waals surface area contributed by atoms with Crippen LogP contribution in [0.15, 0.2) is 42.8 Å². The van der Waals surface area contributed by atoms with Crippen LogP contribution in [0, 0.1) is 0 Å². The average molecular weight is 272 g/mol. The van der Waals surface area contributed by atoms with Gasteiger partial charge in [0.25, 0.3) is 0 Å². The molecule has 0 aliphatic heterocycles. The Hall–Kier alpha value is -0.900. The maximum atomic E-state index is 11.8. The number of hydrogen-bond acceptors (Lipinski definition) is 3. The van der Waals surface area contributed by atoms with Gasteiger partial charge in [-0.3, -0.25) is 9.69 Å². The highest BCUT2D eigenvalue weighted by atomic mass is 35.5. The lowest BCUT2D eigenvalue weighted by molar-refractivity contribution is 0.0972. The van der Waals surface area contributed by atoms with Gasteiger partial charge in [0.2, 0.25) is 0 Å². The normalized spacial score (nSPS) is 9.71. The van der Waals surface area contributed by atoms with Crippen molar-refractivity contribution in [2.75, 3.05) is 19.6 Å². The molecule has 94 valence electrons. The summed E-state index contributed by atoms with van der Waals surface area (Å²) in [5.74, 6) is 0.216. The number of nitrogens with zero attached hydrogens (tertiary/aromatic N) is 1. The first-order valence-corrected chi connectivity index (χ1v) is 6.16. The summed E-state index contributed by atoms with van der Waals surface area (Å²) in [4.78, 5) is 14.7. The number of rotatable bonds is 8. The first-order valence-electron chi connectivity index (χ1n) is 5.28. The third-order valence-electron chi connectivity index (χ3n) is 2.23. The van der Waals surface area contributed by atoms with Gasteiger partial charge in [-0.05, 0) is 11.4 Å². The Kier molecular flexibility index (Phi) is 8.68. The van der Waals surface area contributed by atoms with Crippen LogP contribution in [0.4, 0.5) is 0 Å². The van der Waals surface area contributed by atoms with Crippen LogP contribution in [0.3, 0.4) is 0 Å². The third kappa shape index (κ3) is 5.82. The van der Waals surface area contributed by atoms with Gasteiger partial charge in [0.1, 0.15) is 0 Å². The molecule has 1 aromatic rings. The van der Waals surface area contributed by atoms with E-state index in [2.05, 4.69) is 18.1 Å². The second-order valence-electron chi connectivity index (χ2n) is 3.49. The maximum absolute atomic E-state index is 11.8. The third-order valence-corrected chi connectivity index (χ3v) is 3.14. The van der Waals surface area contributed by atoms with Crippen molar-refractivity contribution in [1.29, 1.82) is 0 Å². The van der Waals surface area contributed by atoms with Crippen LogP contribution < -0.4 is 0 Å². The van der Waals surface area contributed by atoms with Crippen molar-refractivity contribution in [3.63, 3.8) is 0 Å². The van der Waals surface area contributed by atoms with Gasteiger partial charge in [-0.15, -0.1) is 36.9 Å². The lowest BCUT2D eigenvalue weighted by atomic mass is 10.2. The predicted molar refractivity (Wildman–Crippen MR) is 77.3 cm³/mol. The molecule has 0 atom stereocenters. The van der Waals surface area contributed by atoms with E-state index < -0.39 is 0 Å². The highest BCUT2D eigenvalue weighted by Crippen LogP contribution is 2.11. The van der Waals surface area contributed by atoms with Crippen molar-refractivity contribution in [3.05, 3.63) is 47.7 Å². The average Bonchev–Trinajstić information content (AvgIpc) is 2.79. The zero-order chi connectivity index (χ0) is 11.8. The van der Waals surface area contributed by atoms with E-state index in [9.17, 15) is 4.79 Å². The SMILES string of the molecule is C=CCN(CC=C)CCC(=O)c1cccs1.Cl. The van der Waals surface area contributed by atoms with Gasteiger partial charge >= 0.3 is 0 Å². The summed E-state index contributed by atoms with van der Waals surface area (Å²) >= 11 is 1.50. The molecule has 0 bridgehead atoms. The highest BCUT2D eigenvalue weighted by molar-refractivity contribution is 7.12. The topological polar surface area (TPSA) is 20.3 Å². The zero-order valence-corrected chi connectivity index (χ0v) is 11.4. The minimum atomic E-state index is 0. The maximum Gasteiger partial charge on any atom is 0.174 e. The van der Waals surface area contributed by atoms with Gasteiger partial charge < -0.3 is 0 Å². The van der Waals surface area contributed by atoms with E-state index in [1.807, 2.05) is 29.7 Å². The van der Waals surface area contributed by atoms with E-state index in [1.54, 1.807) is 0 Å². The van der Waals surface area contributed by atoms with E-state index in [0.717, 1.165) is 24.5 Å². The van der Waals surface area contributed by atoms with Crippen molar-refractivity contribution >= 4 is 29.5 Å². The molecular formula is C13H18ClNOS. The lowest BCUT2D eigenvalue weighted by Gasteiger charge is -2.17. The van der Waals surface area contributed by atoms with Crippen LogP contribution in [-0.4, -0.2) is 30.3 Å². The molecule has 0 radical (unpaired) electrons. The molecule has 1 rings (SSSR count). The molecule has 0 unspecified atom stereocenters. The number of halogens is 1. The first-order chi connectivity index (χ1) is 7.77. The van der Waals surface area contributed by atoms with Crippen LogP contribution in [0.1, 0.15) is 16.1 Å². The summed E-state index contributed by atoms with van der Waals surface area (Å²) in [6.45, 7) is 9.75. The molecule has 0 amide bonds. The van der Waals surface area contributed by atoms with Gasteiger partial charge in [0, 0.05) is 26.1 Å². The molecule has 0 fully saturated rings. The summed E-state index contributed by atoms with van der Waals surface area (Å²) in [5, 5.41) is 1.93. The van der Waals surface area contributed by atoms with Crippen LogP contribution >= 0.6 is 23.7 Å². The fraction of sp³-hybridized carbons (Fsp3) is 0.308. The fourth-order valence-electron chi connectivity index (χ4n) is 1.44. The van der Waals surface area contributed by atoms with Crippen LogP contribution in [-0.2, 0) is 0 Å². The Morgan fingerprint density at radius 1 is 1.35 bits per heavy atom. The summed E-state index contributed by atoms with van der Waals surface area (Å²) in [6.07, 6.45) is 4.25. The van der Waals surface area contributed by atoms with E-state index in [1.165, 1.54) is 11.3 Å². The Bertz CT molecular complexity index is 338. The van der Waals surface area contributed by atoms with Crippen LogP contribution in [0.5, 0.6) is 0 Å². The largest absolute Gasteiger partial charge is 0.296 e. The lowest BCUT2D eigenvalue weighted by Crippen LogP contribution is -2.26. The van der Waals surface area contributed by atoms with Gasteiger partial charge in [-0.2, -0.15) is 0 Å². The van der Waals surface area contributed by atoms with Crippen molar-refractivity contribution < 1.29 is 4.79 Å². The molecule has 1 aromatic heterocycles. The van der Waals surface area contributed by atoms with Crippen molar-refractivity contribution in [1.82, 2.24) is 4.90 Å². The molecule has 0 aliphatic carbocycles. The van der Waals surface area contributed by atoms with Gasteiger partial charge in [0.15, 0.2) is 5.78 Å². The van der Waals surface area contributed by atoms with E-state index >= 15 is 0 Å². The fourth-order valence-corrected chi connectivity index (χ4v) is 2.14. The highest BCUT2D eigenvalue weighted by Gasteiger charge is 2.08. The second kappa shape index (κ2) is 9.16. The van der Waals surface area contributed by atoms with E-state index in [0.29, 0.717) is 6.42 Å². The number of Topliss-reactive ketones (excluding diaryl/α,β-unsaturated/α-hetero) is 1. The molecule has 0 saturated carbocycles. The molecule has 1 heterocycles. The molecule has 0 saturated heterocycles. The number of ketones is 1. The molecule has 0 N–H and O–H groups in total. The second-order valence-corrected chi connectivity index (χ2v) is 4.44. The smallest absolute Gasteiger partial charge is 0.174 e. The number of carbonyl (C=O) groups is 1. The minimum Gasteiger partial charge on any atom is -0.296 e. The summed E-state index contributed by atoms with van der Waals surface area (Å²) < 4.78 is 0. The first kappa shape index (κ1) is 16.1.